The molecule has 2 nitrogen and oxygen atoms in total. The third-order valence-corrected chi connectivity index (χ3v) is 3.27. The smallest absolute Gasteiger partial charge is 0.170 e. The Balaban J connectivity index is 2.06. The van der Waals surface area contributed by atoms with Gasteiger partial charge in [-0.05, 0) is 32.6 Å². The van der Waals surface area contributed by atoms with E-state index in [4.69, 9.17) is 4.52 Å². The molecule has 3 rings (SSSR count). The van der Waals surface area contributed by atoms with E-state index in [0.717, 1.165) is 24.2 Å². The minimum atomic E-state index is 0.981. The van der Waals surface area contributed by atoms with Crippen LogP contribution in [0.1, 0.15) is 29.7 Å². The fourth-order valence-corrected chi connectivity index (χ4v) is 2.32. The first kappa shape index (κ1) is 9.64. The Bertz CT molecular complexity index is 496. The van der Waals surface area contributed by atoms with Crippen LogP contribution >= 0.6 is 0 Å². The van der Waals surface area contributed by atoms with E-state index in [-0.39, 0.29) is 0 Å². The van der Waals surface area contributed by atoms with Crippen LogP contribution in [0.3, 0.4) is 0 Å². The first-order chi connectivity index (χ1) is 7.84. The van der Waals surface area contributed by atoms with E-state index in [1.54, 1.807) is 0 Å². The molecular weight excluding hydrogens is 198 g/mol. The van der Waals surface area contributed by atoms with Gasteiger partial charge in [0.2, 0.25) is 0 Å². The van der Waals surface area contributed by atoms with Crippen LogP contribution in [0, 0.1) is 6.92 Å². The van der Waals surface area contributed by atoms with Crippen LogP contribution in [0.5, 0.6) is 0 Å². The molecule has 0 unspecified atom stereocenters. The second kappa shape index (κ2) is 3.78. The normalized spacial score (nSPS) is 14.8. The first-order valence-electron chi connectivity index (χ1n) is 5.89. The molecule has 1 aromatic carbocycles. The number of hydrogen-bond donors (Lipinski definition) is 0. The minimum absolute atomic E-state index is 0.981. The Kier molecular flexibility index (Phi) is 2.28. The average molecular weight is 213 g/mol. The van der Waals surface area contributed by atoms with Gasteiger partial charge in [0.05, 0.1) is 5.69 Å². The molecule has 0 fully saturated rings. The molecule has 1 aliphatic carbocycles. The largest absolute Gasteiger partial charge is 0.356 e. The topological polar surface area (TPSA) is 26.0 Å². The zero-order valence-electron chi connectivity index (χ0n) is 9.49. The molecule has 0 bridgehead atoms. The zero-order chi connectivity index (χ0) is 11.0. The molecule has 0 aliphatic heterocycles. The number of hydrogen-bond acceptors (Lipinski definition) is 2. The van der Waals surface area contributed by atoms with Gasteiger partial charge >= 0.3 is 0 Å². The molecule has 2 aromatic rings. The van der Waals surface area contributed by atoms with Crippen molar-refractivity contribution in [3.63, 3.8) is 0 Å². The Hall–Kier alpha value is -1.57. The maximum atomic E-state index is 5.49. The van der Waals surface area contributed by atoms with Gasteiger partial charge in [0.25, 0.3) is 0 Å². The molecule has 2 heteroatoms. The standard InChI is InChI=1S/C14H15NO/c1-10-6-8-11(9-7-10)14-12-4-2-3-5-13(12)15-16-14/h6-9H,2-5H2,1H3. The van der Waals surface area contributed by atoms with Crippen LogP contribution in [0.4, 0.5) is 0 Å². The summed E-state index contributed by atoms with van der Waals surface area (Å²) in [6, 6.07) is 8.47. The van der Waals surface area contributed by atoms with Crippen LogP contribution < -0.4 is 0 Å². The summed E-state index contributed by atoms with van der Waals surface area (Å²) in [6.45, 7) is 2.10. The summed E-state index contributed by atoms with van der Waals surface area (Å²) in [6.07, 6.45) is 4.69. The number of benzene rings is 1. The van der Waals surface area contributed by atoms with Crippen molar-refractivity contribution in [1.82, 2.24) is 5.16 Å². The van der Waals surface area contributed by atoms with Gasteiger partial charge in [-0.2, -0.15) is 0 Å². The van der Waals surface area contributed by atoms with Crippen LogP contribution in [-0.4, -0.2) is 5.16 Å². The summed E-state index contributed by atoms with van der Waals surface area (Å²) in [4.78, 5) is 0. The molecule has 0 spiro atoms. The van der Waals surface area contributed by atoms with Crippen molar-refractivity contribution in [2.45, 2.75) is 32.6 Å². The molecule has 1 aromatic heterocycles. The average Bonchev–Trinajstić information content (AvgIpc) is 2.74. The maximum absolute atomic E-state index is 5.49. The number of nitrogens with zero attached hydrogens (tertiary/aromatic N) is 1. The maximum Gasteiger partial charge on any atom is 0.170 e. The van der Waals surface area contributed by atoms with E-state index in [1.165, 1.54) is 29.7 Å². The van der Waals surface area contributed by atoms with Crippen molar-refractivity contribution in [2.75, 3.05) is 0 Å². The molecule has 1 aliphatic rings. The highest BCUT2D eigenvalue weighted by atomic mass is 16.5. The van der Waals surface area contributed by atoms with Crippen LogP contribution in [-0.2, 0) is 12.8 Å². The van der Waals surface area contributed by atoms with Crippen molar-refractivity contribution in [3.05, 3.63) is 41.1 Å². The van der Waals surface area contributed by atoms with Gasteiger partial charge in [-0.25, -0.2) is 0 Å². The van der Waals surface area contributed by atoms with Gasteiger partial charge in [0.1, 0.15) is 0 Å². The lowest BCUT2D eigenvalue weighted by Crippen LogP contribution is -2.01. The first-order valence-corrected chi connectivity index (χ1v) is 5.89. The van der Waals surface area contributed by atoms with Crippen LogP contribution in [0.15, 0.2) is 28.8 Å². The summed E-state index contributed by atoms with van der Waals surface area (Å²) in [7, 11) is 0. The molecule has 0 saturated heterocycles. The molecule has 16 heavy (non-hydrogen) atoms. The molecule has 0 amide bonds. The lowest BCUT2D eigenvalue weighted by Gasteiger charge is -2.09. The van der Waals surface area contributed by atoms with Crippen LogP contribution in [0.2, 0.25) is 0 Å². The second-order valence-corrected chi connectivity index (χ2v) is 4.51. The Morgan fingerprint density at radius 1 is 1.06 bits per heavy atom. The van der Waals surface area contributed by atoms with Gasteiger partial charge in [0.15, 0.2) is 5.76 Å². The van der Waals surface area contributed by atoms with Crippen LogP contribution in [0.25, 0.3) is 11.3 Å². The summed E-state index contributed by atoms with van der Waals surface area (Å²) >= 11 is 0. The van der Waals surface area contributed by atoms with Crippen molar-refractivity contribution >= 4 is 0 Å². The van der Waals surface area contributed by atoms with E-state index in [0.29, 0.717) is 0 Å². The van der Waals surface area contributed by atoms with Gasteiger partial charge in [-0.15, -0.1) is 0 Å². The lowest BCUT2D eigenvalue weighted by molar-refractivity contribution is 0.423. The number of fused-ring (bicyclic) bond motifs is 1. The van der Waals surface area contributed by atoms with Crippen molar-refractivity contribution in [3.8, 4) is 11.3 Å². The highest BCUT2D eigenvalue weighted by Crippen LogP contribution is 2.31. The minimum Gasteiger partial charge on any atom is -0.356 e. The number of aromatic nitrogens is 1. The molecule has 1 heterocycles. The van der Waals surface area contributed by atoms with Gasteiger partial charge in [-0.1, -0.05) is 35.0 Å². The highest BCUT2D eigenvalue weighted by Gasteiger charge is 2.19. The van der Waals surface area contributed by atoms with E-state index < -0.39 is 0 Å². The second-order valence-electron chi connectivity index (χ2n) is 4.51. The van der Waals surface area contributed by atoms with E-state index in [9.17, 15) is 0 Å². The van der Waals surface area contributed by atoms with E-state index >= 15 is 0 Å². The summed E-state index contributed by atoms with van der Waals surface area (Å²) in [5, 5.41) is 4.18. The molecule has 0 atom stereocenters. The fraction of sp³-hybridized carbons (Fsp3) is 0.357. The third kappa shape index (κ3) is 1.54. The van der Waals surface area contributed by atoms with E-state index in [1.807, 2.05) is 0 Å². The van der Waals surface area contributed by atoms with Gasteiger partial charge in [0, 0.05) is 11.1 Å². The quantitative estimate of drug-likeness (QED) is 0.724. The molecule has 0 N–H and O–H groups in total. The van der Waals surface area contributed by atoms with Gasteiger partial charge in [-0.3, -0.25) is 0 Å². The number of rotatable bonds is 1. The molecule has 0 saturated carbocycles. The van der Waals surface area contributed by atoms with Crippen molar-refractivity contribution in [2.24, 2.45) is 0 Å². The predicted molar refractivity (Wildman–Crippen MR) is 63.3 cm³/mol. The third-order valence-electron chi connectivity index (χ3n) is 3.27. The Morgan fingerprint density at radius 2 is 1.81 bits per heavy atom. The molecular formula is C14H15NO. The number of aryl methyl sites for hydroxylation is 2. The van der Waals surface area contributed by atoms with Crippen molar-refractivity contribution in [1.29, 1.82) is 0 Å². The summed E-state index contributed by atoms with van der Waals surface area (Å²) in [5.74, 6) is 0.981. The lowest BCUT2D eigenvalue weighted by atomic mass is 9.94. The highest BCUT2D eigenvalue weighted by molar-refractivity contribution is 5.62. The monoisotopic (exact) mass is 213 g/mol. The Labute approximate surface area is 95.3 Å². The predicted octanol–water partition coefficient (Wildman–Crippen LogP) is 3.53. The SMILES string of the molecule is Cc1ccc(-c2onc3c2CCCC3)cc1. The fourth-order valence-electron chi connectivity index (χ4n) is 2.32. The Morgan fingerprint density at radius 3 is 2.62 bits per heavy atom. The molecule has 0 radical (unpaired) electrons. The summed E-state index contributed by atoms with van der Waals surface area (Å²) < 4.78 is 5.49. The van der Waals surface area contributed by atoms with Crippen molar-refractivity contribution < 1.29 is 4.52 Å². The zero-order valence-corrected chi connectivity index (χ0v) is 9.49. The van der Waals surface area contributed by atoms with Gasteiger partial charge < -0.3 is 4.52 Å². The van der Waals surface area contributed by atoms with E-state index in [2.05, 4.69) is 36.3 Å². The molecule has 82 valence electrons. The summed E-state index contributed by atoms with van der Waals surface area (Å²) in [5.41, 5.74) is 4.93.